The van der Waals surface area contributed by atoms with Gasteiger partial charge in [0, 0.05) is 44.4 Å². The molecule has 0 N–H and O–H groups in total. The van der Waals surface area contributed by atoms with E-state index in [4.69, 9.17) is 4.74 Å². The Labute approximate surface area is 163 Å². The number of ether oxygens (including phenoxy) is 1. The Morgan fingerprint density at radius 2 is 1.93 bits per heavy atom. The summed E-state index contributed by atoms with van der Waals surface area (Å²) in [5.41, 5.74) is 3.25. The third-order valence-corrected chi connectivity index (χ3v) is 5.29. The van der Waals surface area contributed by atoms with Crippen molar-refractivity contribution in [2.45, 2.75) is 12.6 Å². The molecule has 1 saturated heterocycles. The van der Waals surface area contributed by atoms with Crippen LogP contribution < -0.4 is 0 Å². The molecule has 1 aliphatic heterocycles. The first-order chi connectivity index (χ1) is 13.9. The maximum absolute atomic E-state index is 5.57. The summed E-state index contributed by atoms with van der Waals surface area (Å²) >= 11 is 0. The van der Waals surface area contributed by atoms with Gasteiger partial charge in [-0.25, -0.2) is 9.50 Å². The van der Waals surface area contributed by atoms with Crippen molar-refractivity contribution in [1.29, 1.82) is 0 Å². The average molecular weight is 374 g/mol. The van der Waals surface area contributed by atoms with Crippen LogP contribution in [-0.4, -0.2) is 55.4 Å². The first kappa shape index (κ1) is 17.1. The molecule has 7 heteroatoms. The van der Waals surface area contributed by atoms with Gasteiger partial charge >= 0.3 is 0 Å². The Morgan fingerprint density at radius 3 is 2.79 bits per heavy atom. The quantitative estimate of drug-likeness (QED) is 0.537. The van der Waals surface area contributed by atoms with Crippen LogP contribution in [0.15, 0.2) is 67.4 Å². The van der Waals surface area contributed by atoms with Gasteiger partial charge in [-0.1, -0.05) is 12.1 Å². The van der Waals surface area contributed by atoms with Gasteiger partial charge in [0.2, 0.25) is 0 Å². The van der Waals surface area contributed by atoms with Gasteiger partial charge in [0.05, 0.1) is 31.0 Å². The van der Waals surface area contributed by atoms with E-state index in [1.165, 1.54) is 5.56 Å². The molecule has 0 aliphatic carbocycles. The lowest BCUT2D eigenvalue weighted by atomic mass is 10.1. The lowest BCUT2D eigenvalue weighted by Crippen LogP contribution is -2.40. The van der Waals surface area contributed by atoms with Crippen LogP contribution in [-0.2, 0) is 11.3 Å². The fourth-order valence-electron chi connectivity index (χ4n) is 3.89. The fraction of sp³-hybridized carbons (Fsp3) is 0.286. The van der Waals surface area contributed by atoms with Gasteiger partial charge in [-0.05, 0) is 29.8 Å². The van der Waals surface area contributed by atoms with Gasteiger partial charge in [0.15, 0.2) is 5.82 Å². The minimum atomic E-state index is 0.211. The van der Waals surface area contributed by atoms with E-state index in [2.05, 4.69) is 42.7 Å². The Balaban J connectivity index is 1.52. The number of nitrogens with zero attached hydrogens (tertiary/aromatic N) is 6. The van der Waals surface area contributed by atoms with E-state index in [1.807, 2.05) is 53.7 Å². The molecule has 28 heavy (non-hydrogen) atoms. The zero-order valence-electron chi connectivity index (χ0n) is 15.6. The summed E-state index contributed by atoms with van der Waals surface area (Å²) in [7, 11) is 0. The highest BCUT2D eigenvalue weighted by Crippen LogP contribution is 2.26. The number of morpholine rings is 1. The van der Waals surface area contributed by atoms with Crippen molar-refractivity contribution in [2.75, 3.05) is 26.3 Å². The monoisotopic (exact) mass is 374 g/mol. The summed E-state index contributed by atoms with van der Waals surface area (Å²) in [6.45, 7) is 4.15. The number of hydrogen-bond acceptors (Lipinski definition) is 5. The van der Waals surface area contributed by atoms with Crippen LogP contribution in [0.25, 0.3) is 17.0 Å². The maximum Gasteiger partial charge on any atom is 0.158 e. The predicted molar refractivity (Wildman–Crippen MR) is 106 cm³/mol. The number of hydrogen-bond donors (Lipinski definition) is 0. The van der Waals surface area contributed by atoms with Gasteiger partial charge in [0.25, 0.3) is 0 Å². The van der Waals surface area contributed by atoms with Crippen LogP contribution in [0.1, 0.15) is 11.6 Å². The van der Waals surface area contributed by atoms with E-state index in [9.17, 15) is 0 Å². The minimum Gasteiger partial charge on any atom is -0.379 e. The molecule has 7 nitrogen and oxygen atoms in total. The second kappa shape index (κ2) is 7.53. The molecule has 1 atom stereocenters. The van der Waals surface area contributed by atoms with Crippen molar-refractivity contribution in [2.24, 2.45) is 0 Å². The van der Waals surface area contributed by atoms with Gasteiger partial charge in [-0.3, -0.25) is 9.88 Å². The van der Waals surface area contributed by atoms with E-state index in [1.54, 1.807) is 0 Å². The molecule has 142 valence electrons. The lowest BCUT2D eigenvalue weighted by molar-refractivity contribution is 0.0123. The zero-order chi connectivity index (χ0) is 18.8. The minimum absolute atomic E-state index is 0.211. The third-order valence-electron chi connectivity index (χ3n) is 5.29. The van der Waals surface area contributed by atoms with Gasteiger partial charge < -0.3 is 9.30 Å². The number of aromatic nitrogens is 5. The average Bonchev–Trinajstić information content (AvgIpc) is 3.42. The molecule has 0 spiro atoms. The molecule has 5 heterocycles. The van der Waals surface area contributed by atoms with Crippen LogP contribution >= 0.6 is 0 Å². The topological polar surface area (TPSA) is 60.5 Å². The fourth-order valence-corrected chi connectivity index (χ4v) is 3.89. The van der Waals surface area contributed by atoms with Crippen molar-refractivity contribution in [3.8, 4) is 11.5 Å². The molecule has 1 fully saturated rings. The number of rotatable bonds is 5. The Bertz CT molecular complexity index is 1050. The Kier molecular flexibility index (Phi) is 4.60. The van der Waals surface area contributed by atoms with Crippen LogP contribution in [0.2, 0.25) is 0 Å². The van der Waals surface area contributed by atoms with Crippen molar-refractivity contribution >= 4 is 5.52 Å². The normalized spacial score (nSPS) is 16.4. The van der Waals surface area contributed by atoms with Gasteiger partial charge in [0.1, 0.15) is 5.69 Å². The maximum atomic E-state index is 5.57. The Hall–Kier alpha value is -3.03. The van der Waals surface area contributed by atoms with E-state index in [-0.39, 0.29) is 6.04 Å². The third kappa shape index (κ3) is 3.19. The second-order valence-electron chi connectivity index (χ2n) is 6.93. The molecule has 1 aliphatic rings. The SMILES string of the molecule is c1cncc(C(Cn2ccnc2-c2cccc3ccnn23)N2CCOCC2)c1. The standard InChI is InChI=1S/C21H22N6O/c1-4-18-6-8-24-27(18)19(5-1)21-23-9-10-26(21)16-20(17-3-2-7-22-15-17)25-11-13-28-14-12-25/h1-10,15,20H,11-14,16H2. The van der Waals surface area contributed by atoms with Crippen molar-refractivity contribution in [3.63, 3.8) is 0 Å². The highest BCUT2D eigenvalue weighted by molar-refractivity contribution is 5.58. The van der Waals surface area contributed by atoms with Crippen LogP contribution in [0, 0.1) is 0 Å². The molecule has 0 amide bonds. The smallest absolute Gasteiger partial charge is 0.158 e. The molecule has 0 radical (unpaired) electrons. The first-order valence-electron chi connectivity index (χ1n) is 9.56. The predicted octanol–water partition coefficient (Wildman–Crippen LogP) is 2.67. The van der Waals surface area contributed by atoms with Crippen LogP contribution in [0.3, 0.4) is 0 Å². The summed E-state index contributed by atoms with van der Waals surface area (Å²) in [4.78, 5) is 11.5. The molecule has 1 unspecified atom stereocenters. The molecule has 4 aromatic heterocycles. The summed E-state index contributed by atoms with van der Waals surface area (Å²) in [6.07, 6.45) is 9.50. The number of pyridine rings is 2. The van der Waals surface area contributed by atoms with Crippen molar-refractivity contribution < 1.29 is 4.74 Å². The highest BCUT2D eigenvalue weighted by Gasteiger charge is 2.24. The summed E-state index contributed by atoms with van der Waals surface area (Å²) in [6, 6.07) is 12.5. The molecule has 5 rings (SSSR count). The van der Waals surface area contributed by atoms with Gasteiger partial charge in [-0.2, -0.15) is 5.10 Å². The van der Waals surface area contributed by atoms with E-state index in [0.29, 0.717) is 0 Å². The Morgan fingerprint density at radius 1 is 1.00 bits per heavy atom. The van der Waals surface area contributed by atoms with Crippen molar-refractivity contribution in [1.82, 2.24) is 29.0 Å². The molecule has 0 aromatic carbocycles. The lowest BCUT2D eigenvalue weighted by Gasteiger charge is -2.35. The van der Waals surface area contributed by atoms with E-state index in [0.717, 1.165) is 49.9 Å². The van der Waals surface area contributed by atoms with Crippen molar-refractivity contribution in [3.05, 3.63) is 72.9 Å². The summed E-state index contributed by atoms with van der Waals surface area (Å²) in [5, 5.41) is 4.47. The number of fused-ring (bicyclic) bond motifs is 1. The molecular formula is C21H22N6O. The molecule has 0 saturated carbocycles. The summed E-state index contributed by atoms with van der Waals surface area (Å²) in [5.74, 6) is 0.913. The van der Waals surface area contributed by atoms with Crippen LogP contribution in [0.5, 0.6) is 0 Å². The van der Waals surface area contributed by atoms with Gasteiger partial charge in [-0.15, -0.1) is 0 Å². The van der Waals surface area contributed by atoms with E-state index >= 15 is 0 Å². The highest BCUT2D eigenvalue weighted by atomic mass is 16.5. The molecule has 0 bridgehead atoms. The largest absolute Gasteiger partial charge is 0.379 e. The van der Waals surface area contributed by atoms with Crippen LogP contribution in [0.4, 0.5) is 0 Å². The number of imidazole rings is 1. The molecular weight excluding hydrogens is 352 g/mol. The second-order valence-corrected chi connectivity index (χ2v) is 6.93. The first-order valence-corrected chi connectivity index (χ1v) is 9.56. The van der Waals surface area contributed by atoms with E-state index < -0.39 is 0 Å². The zero-order valence-corrected chi connectivity index (χ0v) is 15.6. The summed E-state index contributed by atoms with van der Waals surface area (Å²) < 4.78 is 9.71. The molecule has 4 aromatic rings.